The number of alkyl halides is 3. The summed E-state index contributed by atoms with van der Waals surface area (Å²) >= 11 is 3.17. The monoisotopic (exact) mass is 334 g/mol. The smallest absolute Gasteiger partial charge is 0.420 e. The summed E-state index contributed by atoms with van der Waals surface area (Å²) in [4.78, 5) is 10.8. The molecule has 0 aliphatic carbocycles. The fourth-order valence-electron chi connectivity index (χ4n) is 1.49. The van der Waals surface area contributed by atoms with Crippen LogP contribution in [0, 0.1) is 0 Å². The Balaban J connectivity index is 2.58. The molecule has 4 nitrogen and oxygen atoms in total. The normalized spacial score (nSPS) is 11.6. The Hall–Kier alpha value is -1.83. The largest absolute Gasteiger partial charge is 0.476 e. The Labute approximate surface area is 113 Å². The number of hydrogen-bond donors (Lipinski definition) is 1. The van der Waals surface area contributed by atoms with Crippen molar-refractivity contribution in [2.24, 2.45) is 0 Å². The van der Waals surface area contributed by atoms with Crippen molar-refractivity contribution < 1.29 is 23.1 Å². The highest BCUT2D eigenvalue weighted by atomic mass is 79.9. The molecule has 0 saturated heterocycles. The van der Waals surface area contributed by atoms with Crippen LogP contribution in [0.4, 0.5) is 13.2 Å². The topological polar surface area (TPSA) is 55.1 Å². The highest BCUT2D eigenvalue weighted by molar-refractivity contribution is 9.10. The van der Waals surface area contributed by atoms with Gasteiger partial charge in [-0.2, -0.15) is 18.3 Å². The second-order valence-corrected chi connectivity index (χ2v) is 4.53. The second-order valence-electron chi connectivity index (χ2n) is 3.62. The first-order valence-corrected chi connectivity index (χ1v) is 5.74. The Morgan fingerprint density at radius 2 is 2.05 bits per heavy atom. The van der Waals surface area contributed by atoms with E-state index in [0.29, 0.717) is 16.4 Å². The van der Waals surface area contributed by atoms with Crippen LogP contribution in [0.3, 0.4) is 0 Å². The molecule has 0 bridgehead atoms. The second kappa shape index (κ2) is 4.69. The van der Waals surface area contributed by atoms with Crippen LogP contribution in [0.5, 0.6) is 0 Å². The molecule has 1 aromatic carbocycles. The summed E-state index contributed by atoms with van der Waals surface area (Å²) in [5.74, 6) is -1.72. The van der Waals surface area contributed by atoms with Gasteiger partial charge in [-0.05, 0) is 18.2 Å². The third kappa shape index (κ3) is 2.78. The number of hydrogen-bond acceptors (Lipinski definition) is 2. The maximum absolute atomic E-state index is 12.7. The van der Waals surface area contributed by atoms with Gasteiger partial charge in [-0.3, -0.25) is 0 Å². The maximum atomic E-state index is 12.7. The molecule has 0 saturated carbocycles. The Morgan fingerprint density at radius 1 is 1.37 bits per heavy atom. The maximum Gasteiger partial charge on any atom is 0.420 e. The number of carbonyl (C=O) groups is 1. The number of benzene rings is 1. The van der Waals surface area contributed by atoms with Gasteiger partial charge in [-0.25, -0.2) is 9.48 Å². The van der Waals surface area contributed by atoms with Crippen molar-refractivity contribution in [1.29, 1.82) is 0 Å². The average Bonchev–Trinajstić information content (AvgIpc) is 2.73. The zero-order chi connectivity index (χ0) is 14.2. The highest BCUT2D eigenvalue weighted by Crippen LogP contribution is 2.32. The number of rotatable bonds is 2. The van der Waals surface area contributed by atoms with Gasteiger partial charge in [0.15, 0.2) is 5.69 Å². The molecule has 2 aromatic rings. The third-order valence-electron chi connectivity index (χ3n) is 2.29. The van der Waals surface area contributed by atoms with Crippen molar-refractivity contribution in [2.75, 3.05) is 0 Å². The number of carboxylic acid groups (broad SMARTS) is 1. The van der Waals surface area contributed by atoms with Crippen LogP contribution < -0.4 is 0 Å². The summed E-state index contributed by atoms with van der Waals surface area (Å²) in [5, 5.41) is 12.2. The fourth-order valence-corrected chi connectivity index (χ4v) is 1.88. The first-order valence-electron chi connectivity index (χ1n) is 4.95. The summed E-state index contributed by atoms with van der Waals surface area (Å²) in [6, 6.07) is 6.34. The molecule has 0 spiro atoms. The first kappa shape index (κ1) is 13.6. The lowest BCUT2D eigenvalue weighted by Gasteiger charge is -2.03. The van der Waals surface area contributed by atoms with Gasteiger partial charge >= 0.3 is 12.1 Å². The van der Waals surface area contributed by atoms with Crippen LogP contribution in [-0.4, -0.2) is 20.9 Å². The molecule has 0 aliphatic heterocycles. The summed E-state index contributed by atoms with van der Waals surface area (Å²) in [6.45, 7) is 0. The highest BCUT2D eigenvalue weighted by Gasteiger charge is 2.38. The molecule has 19 heavy (non-hydrogen) atoms. The number of aromatic carboxylic acids is 1. The van der Waals surface area contributed by atoms with E-state index >= 15 is 0 Å². The molecular formula is C11H6BrF3N2O2. The predicted molar refractivity (Wildman–Crippen MR) is 63.2 cm³/mol. The molecule has 1 heterocycles. The van der Waals surface area contributed by atoms with Gasteiger partial charge in [0.25, 0.3) is 0 Å². The van der Waals surface area contributed by atoms with E-state index in [1.807, 2.05) is 0 Å². The minimum Gasteiger partial charge on any atom is -0.476 e. The van der Waals surface area contributed by atoms with Crippen molar-refractivity contribution in [3.8, 4) is 5.69 Å². The van der Waals surface area contributed by atoms with Crippen LogP contribution >= 0.6 is 15.9 Å². The van der Waals surface area contributed by atoms with E-state index < -0.39 is 23.4 Å². The molecular weight excluding hydrogens is 329 g/mol. The average molecular weight is 335 g/mol. The van der Waals surface area contributed by atoms with Crippen molar-refractivity contribution in [3.63, 3.8) is 0 Å². The molecule has 8 heteroatoms. The lowest BCUT2D eigenvalue weighted by Crippen LogP contribution is -2.10. The van der Waals surface area contributed by atoms with Crippen LogP contribution in [0.1, 0.15) is 16.1 Å². The van der Waals surface area contributed by atoms with Crippen LogP contribution in [0.15, 0.2) is 34.9 Å². The van der Waals surface area contributed by atoms with Crippen molar-refractivity contribution in [2.45, 2.75) is 6.18 Å². The van der Waals surface area contributed by atoms with E-state index in [1.165, 1.54) is 12.1 Å². The van der Waals surface area contributed by atoms with Gasteiger partial charge in [0.1, 0.15) is 5.56 Å². The molecule has 0 aliphatic rings. The fraction of sp³-hybridized carbons (Fsp3) is 0.0909. The van der Waals surface area contributed by atoms with Gasteiger partial charge in [-0.1, -0.05) is 22.0 Å². The van der Waals surface area contributed by atoms with Gasteiger partial charge in [0, 0.05) is 10.7 Å². The van der Waals surface area contributed by atoms with Crippen molar-refractivity contribution >= 4 is 21.9 Å². The van der Waals surface area contributed by atoms with Crippen LogP contribution in [-0.2, 0) is 6.18 Å². The van der Waals surface area contributed by atoms with Gasteiger partial charge in [-0.15, -0.1) is 0 Å². The molecule has 100 valence electrons. The summed E-state index contributed by atoms with van der Waals surface area (Å²) in [5.41, 5.74) is -1.97. The van der Waals surface area contributed by atoms with Crippen LogP contribution in [0.2, 0.25) is 0 Å². The van der Waals surface area contributed by atoms with E-state index in [0.717, 1.165) is 4.68 Å². The summed E-state index contributed by atoms with van der Waals surface area (Å²) < 4.78 is 39.6. The van der Waals surface area contributed by atoms with E-state index in [-0.39, 0.29) is 0 Å². The molecule has 2 rings (SSSR count). The summed E-state index contributed by atoms with van der Waals surface area (Å²) in [6.07, 6.45) is -4.11. The molecule has 0 unspecified atom stereocenters. The van der Waals surface area contributed by atoms with Gasteiger partial charge in [0.2, 0.25) is 0 Å². The molecule has 0 atom stereocenters. The van der Waals surface area contributed by atoms with E-state index in [4.69, 9.17) is 5.11 Å². The molecule has 0 fully saturated rings. The minimum atomic E-state index is -4.77. The van der Waals surface area contributed by atoms with Gasteiger partial charge in [0.05, 0.1) is 5.69 Å². The zero-order valence-corrected chi connectivity index (χ0v) is 10.7. The van der Waals surface area contributed by atoms with E-state index in [9.17, 15) is 18.0 Å². The number of aromatic nitrogens is 2. The third-order valence-corrected chi connectivity index (χ3v) is 2.79. The molecule has 1 N–H and O–H groups in total. The number of nitrogens with zero attached hydrogens (tertiary/aromatic N) is 2. The quantitative estimate of drug-likeness (QED) is 0.916. The predicted octanol–water partition coefficient (Wildman–Crippen LogP) is 3.35. The first-order chi connectivity index (χ1) is 8.79. The molecule has 0 amide bonds. The zero-order valence-electron chi connectivity index (χ0n) is 9.15. The Bertz CT molecular complexity index is 637. The summed E-state index contributed by atoms with van der Waals surface area (Å²) in [7, 11) is 0. The Morgan fingerprint density at radius 3 is 2.53 bits per heavy atom. The Kier molecular flexibility index (Phi) is 3.36. The van der Waals surface area contributed by atoms with E-state index in [1.54, 1.807) is 12.1 Å². The number of carboxylic acids is 1. The minimum absolute atomic E-state index is 0.326. The SMILES string of the molecule is O=C(O)c1nn(-c2cccc(Br)c2)cc1C(F)(F)F. The standard InChI is InChI=1S/C11H6BrF3N2O2/c12-6-2-1-3-7(4-6)17-5-8(11(13,14)15)9(16-17)10(18)19/h1-5H,(H,18,19). The van der Waals surface area contributed by atoms with Crippen molar-refractivity contribution in [1.82, 2.24) is 9.78 Å². The molecule has 0 radical (unpaired) electrons. The van der Waals surface area contributed by atoms with Gasteiger partial charge < -0.3 is 5.11 Å². The number of halogens is 4. The lowest BCUT2D eigenvalue weighted by atomic mass is 10.2. The molecule has 1 aromatic heterocycles. The van der Waals surface area contributed by atoms with Crippen molar-refractivity contribution in [3.05, 3.63) is 46.2 Å². The lowest BCUT2D eigenvalue weighted by molar-refractivity contribution is -0.138. The van der Waals surface area contributed by atoms with E-state index in [2.05, 4.69) is 21.0 Å². The van der Waals surface area contributed by atoms with Crippen LogP contribution in [0.25, 0.3) is 5.69 Å².